The van der Waals surface area contributed by atoms with E-state index in [1.807, 2.05) is 0 Å². The lowest BCUT2D eigenvalue weighted by molar-refractivity contribution is -0.210. The largest absolute Gasteiger partial charge is 0.381 e. The molecule has 0 aromatic heterocycles. The molecule has 3 rings (SSSR count). The third-order valence-electron chi connectivity index (χ3n) is 4.50. The van der Waals surface area contributed by atoms with Gasteiger partial charge in [0.2, 0.25) is 0 Å². The Morgan fingerprint density at radius 3 is 2.78 bits per heavy atom. The summed E-state index contributed by atoms with van der Waals surface area (Å²) in [5, 5.41) is 3.64. The fourth-order valence-electron chi connectivity index (χ4n) is 3.35. The Morgan fingerprint density at radius 2 is 2.06 bits per heavy atom. The van der Waals surface area contributed by atoms with Crippen LogP contribution in [-0.2, 0) is 14.2 Å². The van der Waals surface area contributed by atoms with Crippen LogP contribution < -0.4 is 5.32 Å². The fraction of sp³-hybridized carbons (Fsp3) is 1.00. The molecule has 18 heavy (non-hydrogen) atoms. The average Bonchev–Trinajstić information content (AvgIpc) is 2.96. The molecule has 1 aliphatic carbocycles. The second-order valence-corrected chi connectivity index (χ2v) is 6.10. The van der Waals surface area contributed by atoms with Crippen LogP contribution in [0.25, 0.3) is 0 Å². The van der Waals surface area contributed by atoms with Crippen LogP contribution >= 0.6 is 0 Å². The summed E-state index contributed by atoms with van der Waals surface area (Å²) in [6.07, 6.45) is 5.97. The van der Waals surface area contributed by atoms with Gasteiger partial charge in [0.05, 0.1) is 25.9 Å². The molecule has 3 fully saturated rings. The molecule has 0 bridgehead atoms. The normalized spacial score (nSPS) is 39.5. The highest BCUT2D eigenvalue weighted by molar-refractivity contribution is 4.84. The first-order valence-electron chi connectivity index (χ1n) is 7.39. The van der Waals surface area contributed by atoms with E-state index >= 15 is 0 Å². The zero-order chi connectivity index (χ0) is 12.4. The number of hydrogen-bond donors (Lipinski definition) is 1. The van der Waals surface area contributed by atoms with Crippen LogP contribution in [-0.4, -0.2) is 44.3 Å². The molecule has 0 radical (unpaired) electrons. The molecule has 0 aromatic carbocycles. The summed E-state index contributed by atoms with van der Waals surface area (Å²) in [5.74, 6) is 0.554. The molecule has 0 unspecified atom stereocenters. The monoisotopic (exact) mass is 255 g/mol. The molecule has 2 aliphatic heterocycles. The summed E-state index contributed by atoms with van der Waals surface area (Å²) >= 11 is 0. The molecule has 2 saturated heterocycles. The van der Waals surface area contributed by atoms with Gasteiger partial charge in [-0.05, 0) is 25.2 Å². The predicted octanol–water partition coefficient (Wildman–Crippen LogP) is 1.69. The standard InChI is InChI=1S/C14H25NO3/c1-11-2-3-12(8-11)15-9-13-10-17-14(18-13)4-6-16-7-5-14/h11-13,15H,2-10H2,1H3/t11-,12+,13+/m1/s1. The van der Waals surface area contributed by atoms with E-state index in [-0.39, 0.29) is 11.9 Å². The zero-order valence-corrected chi connectivity index (χ0v) is 11.3. The lowest BCUT2D eigenvalue weighted by Crippen LogP contribution is -2.40. The molecular formula is C14H25NO3. The van der Waals surface area contributed by atoms with Crippen molar-refractivity contribution in [2.75, 3.05) is 26.4 Å². The van der Waals surface area contributed by atoms with E-state index in [9.17, 15) is 0 Å². The molecule has 0 aromatic rings. The van der Waals surface area contributed by atoms with Crippen LogP contribution in [0.3, 0.4) is 0 Å². The lowest BCUT2D eigenvalue weighted by atomic mass is 10.1. The molecule has 1 N–H and O–H groups in total. The maximum absolute atomic E-state index is 6.11. The molecule has 3 atom stereocenters. The first kappa shape index (κ1) is 12.9. The maximum atomic E-state index is 6.11. The van der Waals surface area contributed by atoms with Gasteiger partial charge in [-0.3, -0.25) is 0 Å². The van der Waals surface area contributed by atoms with E-state index in [0.717, 1.165) is 45.1 Å². The van der Waals surface area contributed by atoms with Crippen LogP contribution in [0.4, 0.5) is 0 Å². The second kappa shape index (κ2) is 5.45. The molecule has 4 heteroatoms. The Bertz CT molecular complexity index is 278. The quantitative estimate of drug-likeness (QED) is 0.833. The summed E-state index contributed by atoms with van der Waals surface area (Å²) in [4.78, 5) is 0. The summed E-state index contributed by atoms with van der Waals surface area (Å²) in [6, 6.07) is 0.690. The molecule has 1 saturated carbocycles. The van der Waals surface area contributed by atoms with Crippen LogP contribution in [0, 0.1) is 5.92 Å². The predicted molar refractivity (Wildman–Crippen MR) is 68.4 cm³/mol. The van der Waals surface area contributed by atoms with Crippen molar-refractivity contribution in [3.05, 3.63) is 0 Å². The number of ether oxygens (including phenoxy) is 3. The van der Waals surface area contributed by atoms with Crippen molar-refractivity contribution in [1.82, 2.24) is 5.32 Å². The fourth-order valence-corrected chi connectivity index (χ4v) is 3.35. The molecule has 3 aliphatic rings. The molecule has 104 valence electrons. The average molecular weight is 255 g/mol. The van der Waals surface area contributed by atoms with E-state index in [0.29, 0.717) is 6.04 Å². The smallest absolute Gasteiger partial charge is 0.173 e. The highest BCUT2D eigenvalue weighted by Gasteiger charge is 2.42. The van der Waals surface area contributed by atoms with Crippen molar-refractivity contribution in [3.63, 3.8) is 0 Å². The van der Waals surface area contributed by atoms with Gasteiger partial charge in [0.25, 0.3) is 0 Å². The van der Waals surface area contributed by atoms with Crippen LogP contribution in [0.15, 0.2) is 0 Å². The number of rotatable bonds is 3. The first-order valence-corrected chi connectivity index (χ1v) is 7.39. The van der Waals surface area contributed by atoms with E-state index < -0.39 is 0 Å². The second-order valence-electron chi connectivity index (χ2n) is 6.10. The highest BCUT2D eigenvalue weighted by atomic mass is 16.7. The van der Waals surface area contributed by atoms with Crippen molar-refractivity contribution < 1.29 is 14.2 Å². The van der Waals surface area contributed by atoms with Gasteiger partial charge >= 0.3 is 0 Å². The molecule has 4 nitrogen and oxygen atoms in total. The van der Waals surface area contributed by atoms with Gasteiger partial charge in [-0.1, -0.05) is 6.92 Å². The van der Waals surface area contributed by atoms with Crippen LogP contribution in [0.1, 0.15) is 39.0 Å². The van der Waals surface area contributed by atoms with Gasteiger partial charge in [0.1, 0.15) is 0 Å². The number of nitrogens with one attached hydrogen (secondary N) is 1. The summed E-state index contributed by atoms with van der Waals surface area (Å²) in [6.45, 7) is 5.53. The zero-order valence-electron chi connectivity index (χ0n) is 11.3. The SMILES string of the molecule is C[C@@H]1CC[C@H](NC[C@H]2COC3(CCOCC3)O2)C1. The Balaban J connectivity index is 1.42. The van der Waals surface area contributed by atoms with E-state index in [2.05, 4.69) is 12.2 Å². The van der Waals surface area contributed by atoms with Crippen molar-refractivity contribution in [2.45, 2.75) is 57.0 Å². The van der Waals surface area contributed by atoms with Crippen molar-refractivity contribution in [1.29, 1.82) is 0 Å². The minimum atomic E-state index is -0.326. The topological polar surface area (TPSA) is 39.7 Å². The van der Waals surface area contributed by atoms with Gasteiger partial charge in [-0.15, -0.1) is 0 Å². The van der Waals surface area contributed by atoms with E-state index in [1.165, 1.54) is 19.3 Å². The van der Waals surface area contributed by atoms with E-state index in [4.69, 9.17) is 14.2 Å². The summed E-state index contributed by atoms with van der Waals surface area (Å²) < 4.78 is 17.4. The lowest BCUT2D eigenvalue weighted by Gasteiger charge is -2.31. The molecule has 1 spiro atoms. The van der Waals surface area contributed by atoms with Gasteiger partial charge < -0.3 is 19.5 Å². The van der Waals surface area contributed by atoms with Crippen molar-refractivity contribution in [3.8, 4) is 0 Å². The maximum Gasteiger partial charge on any atom is 0.173 e. The Kier molecular flexibility index (Phi) is 3.89. The highest BCUT2D eigenvalue weighted by Crippen LogP contribution is 2.33. The number of hydrogen-bond acceptors (Lipinski definition) is 4. The molecule has 0 amide bonds. The third-order valence-corrected chi connectivity index (χ3v) is 4.50. The Hall–Kier alpha value is -0.160. The van der Waals surface area contributed by atoms with Crippen molar-refractivity contribution >= 4 is 0 Å². The van der Waals surface area contributed by atoms with Gasteiger partial charge in [0, 0.05) is 25.4 Å². The van der Waals surface area contributed by atoms with Crippen LogP contribution in [0.2, 0.25) is 0 Å². The minimum absolute atomic E-state index is 0.221. The first-order chi connectivity index (χ1) is 8.76. The Labute approximate surface area is 109 Å². The Morgan fingerprint density at radius 1 is 1.22 bits per heavy atom. The van der Waals surface area contributed by atoms with Gasteiger partial charge in [-0.25, -0.2) is 0 Å². The minimum Gasteiger partial charge on any atom is -0.381 e. The van der Waals surface area contributed by atoms with Crippen LogP contribution in [0.5, 0.6) is 0 Å². The van der Waals surface area contributed by atoms with Gasteiger partial charge in [-0.2, -0.15) is 0 Å². The summed E-state index contributed by atoms with van der Waals surface area (Å²) in [5.41, 5.74) is 0. The summed E-state index contributed by atoms with van der Waals surface area (Å²) in [7, 11) is 0. The van der Waals surface area contributed by atoms with Crippen molar-refractivity contribution in [2.24, 2.45) is 5.92 Å². The van der Waals surface area contributed by atoms with E-state index in [1.54, 1.807) is 0 Å². The third kappa shape index (κ3) is 2.87. The molecule has 2 heterocycles. The molecular weight excluding hydrogens is 230 g/mol. The van der Waals surface area contributed by atoms with Gasteiger partial charge in [0.15, 0.2) is 5.79 Å².